The number of rotatable bonds is 4. The third-order valence-corrected chi connectivity index (χ3v) is 3.24. The van der Waals surface area contributed by atoms with Gasteiger partial charge < -0.3 is 14.7 Å². The molecular weight excluding hydrogens is 377 g/mol. The summed E-state index contributed by atoms with van der Waals surface area (Å²) in [7, 11) is 0. The normalized spacial score (nSPS) is 12.6. The molecule has 0 spiro atoms. The molecule has 0 saturated heterocycles. The third kappa shape index (κ3) is 5.45. The molecule has 0 radical (unpaired) electrons. The summed E-state index contributed by atoms with van der Waals surface area (Å²) >= 11 is 0. The highest BCUT2D eigenvalue weighted by Gasteiger charge is 2.32. The van der Waals surface area contributed by atoms with E-state index < -0.39 is 29.1 Å². The van der Waals surface area contributed by atoms with E-state index in [1.807, 2.05) is 0 Å². The minimum atomic E-state index is -4.64. The van der Waals surface area contributed by atoms with Gasteiger partial charge in [0.25, 0.3) is 0 Å². The average Bonchev–Trinajstić information content (AvgIpc) is 2.55. The van der Waals surface area contributed by atoms with Gasteiger partial charge in [-0.2, -0.15) is 13.2 Å². The molecule has 9 heteroatoms. The topological polar surface area (TPSA) is 81.0 Å². The summed E-state index contributed by atoms with van der Waals surface area (Å²) in [4.78, 5) is 20.8. The van der Waals surface area contributed by atoms with Crippen molar-refractivity contribution in [2.75, 3.05) is 0 Å². The standard InChI is InChI=1S/C19H19F3N2O4/c1-11(25)27-15-6-5-9-23-17(15)16(24-28-18(2,3)4)13-10-12(19(20,21)22)7-8-14(13)26/h5-10,26H,1-4H3/b24-16+. The molecule has 0 bridgehead atoms. The van der Waals surface area contributed by atoms with Gasteiger partial charge in [-0.3, -0.25) is 9.78 Å². The molecule has 1 aromatic carbocycles. The first-order valence-corrected chi connectivity index (χ1v) is 8.19. The van der Waals surface area contributed by atoms with Gasteiger partial charge in [0.2, 0.25) is 0 Å². The zero-order chi connectivity index (χ0) is 21.1. The van der Waals surface area contributed by atoms with Gasteiger partial charge >= 0.3 is 12.1 Å². The second kappa shape index (κ2) is 7.87. The number of phenolic OH excluding ortho intramolecular Hbond substituents is 1. The lowest BCUT2D eigenvalue weighted by Gasteiger charge is -2.18. The zero-order valence-corrected chi connectivity index (χ0v) is 15.7. The van der Waals surface area contributed by atoms with E-state index in [0.717, 1.165) is 18.2 Å². The van der Waals surface area contributed by atoms with Crippen molar-refractivity contribution in [2.45, 2.75) is 39.5 Å². The monoisotopic (exact) mass is 396 g/mol. The fourth-order valence-electron chi connectivity index (χ4n) is 2.11. The van der Waals surface area contributed by atoms with Gasteiger partial charge in [-0.25, -0.2) is 0 Å². The van der Waals surface area contributed by atoms with Crippen LogP contribution >= 0.6 is 0 Å². The number of pyridine rings is 1. The summed E-state index contributed by atoms with van der Waals surface area (Å²) in [5.74, 6) is -1.16. The number of carbonyl (C=O) groups is 1. The maximum Gasteiger partial charge on any atom is 0.416 e. The smallest absolute Gasteiger partial charge is 0.416 e. The molecule has 0 aliphatic heterocycles. The van der Waals surface area contributed by atoms with Crippen molar-refractivity contribution in [1.29, 1.82) is 0 Å². The van der Waals surface area contributed by atoms with Gasteiger partial charge in [-0.1, -0.05) is 5.16 Å². The van der Waals surface area contributed by atoms with E-state index >= 15 is 0 Å². The molecule has 0 saturated carbocycles. The number of carbonyl (C=O) groups excluding carboxylic acids is 1. The van der Waals surface area contributed by atoms with Crippen LogP contribution in [-0.4, -0.2) is 27.4 Å². The third-order valence-electron chi connectivity index (χ3n) is 3.24. The number of hydrogen-bond donors (Lipinski definition) is 1. The number of benzene rings is 1. The van der Waals surface area contributed by atoms with Gasteiger partial charge in [0.15, 0.2) is 5.75 Å². The second-order valence-electron chi connectivity index (χ2n) is 6.82. The van der Waals surface area contributed by atoms with Crippen LogP contribution in [0.1, 0.15) is 44.5 Å². The van der Waals surface area contributed by atoms with Gasteiger partial charge in [0.1, 0.15) is 22.8 Å². The highest BCUT2D eigenvalue weighted by Crippen LogP contribution is 2.34. The summed E-state index contributed by atoms with van der Waals surface area (Å²) in [6.07, 6.45) is -3.29. The number of ether oxygens (including phenoxy) is 1. The number of hydrogen-bond acceptors (Lipinski definition) is 6. The Kier molecular flexibility index (Phi) is 5.96. The average molecular weight is 396 g/mol. The van der Waals surface area contributed by atoms with Gasteiger partial charge in [0, 0.05) is 18.7 Å². The number of halogens is 3. The van der Waals surface area contributed by atoms with Crippen LogP contribution in [0.5, 0.6) is 11.5 Å². The van der Waals surface area contributed by atoms with E-state index in [2.05, 4.69) is 10.1 Å². The number of alkyl halides is 3. The Morgan fingerprint density at radius 3 is 2.43 bits per heavy atom. The van der Waals surface area contributed by atoms with E-state index in [9.17, 15) is 23.1 Å². The number of aromatic hydroxyl groups is 1. The molecule has 0 fully saturated rings. The molecule has 1 aromatic heterocycles. The molecule has 1 heterocycles. The van der Waals surface area contributed by atoms with Crippen LogP contribution in [0.25, 0.3) is 0 Å². The maximum absolute atomic E-state index is 13.2. The fraction of sp³-hybridized carbons (Fsp3) is 0.316. The van der Waals surface area contributed by atoms with E-state index in [-0.39, 0.29) is 22.7 Å². The Morgan fingerprint density at radius 1 is 1.18 bits per heavy atom. The largest absolute Gasteiger partial charge is 0.507 e. The summed E-state index contributed by atoms with van der Waals surface area (Å²) < 4.78 is 44.5. The number of aromatic nitrogens is 1. The van der Waals surface area contributed by atoms with Crippen molar-refractivity contribution in [3.05, 3.63) is 53.3 Å². The van der Waals surface area contributed by atoms with Crippen molar-refractivity contribution in [3.8, 4) is 11.5 Å². The minimum absolute atomic E-state index is 0.0388. The molecule has 0 atom stereocenters. The van der Waals surface area contributed by atoms with E-state index in [0.29, 0.717) is 0 Å². The fourth-order valence-corrected chi connectivity index (χ4v) is 2.11. The first-order valence-electron chi connectivity index (χ1n) is 8.19. The van der Waals surface area contributed by atoms with Gasteiger partial charge in [-0.15, -0.1) is 0 Å². The summed E-state index contributed by atoms with van der Waals surface area (Å²) in [5.41, 5.74) is -2.31. The molecule has 0 aliphatic rings. The summed E-state index contributed by atoms with van der Waals surface area (Å²) in [6.45, 7) is 6.23. The van der Waals surface area contributed by atoms with Crippen molar-refractivity contribution in [3.63, 3.8) is 0 Å². The van der Waals surface area contributed by atoms with Crippen LogP contribution in [0.4, 0.5) is 13.2 Å². The highest BCUT2D eigenvalue weighted by molar-refractivity contribution is 6.14. The number of phenols is 1. The predicted octanol–water partition coefficient (Wildman–Crippen LogP) is 4.30. The maximum atomic E-state index is 13.2. The highest BCUT2D eigenvalue weighted by atomic mass is 19.4. The van der Waals surface area contributed by atoms with Crippen molar-refractivity contribution in [2.24, 2.45) is 5.16 Å². The van der Waals surface area contributed by atoms with Crippen LogP contribution in [0.2, 0.25) is 0 Å². The van der Waals surface area contributed by atoms with Crippen LogP contribution < -0.4 is 4.74 Å². The Morgan fingerprint density at radius 2 is 1.86 bits per heavy atom. The number of oxime groups is 1. The SMILES string of the molecule is CC(=O)Oc1cccnc1/C(=N/OC(C)(C)C)c1cc(C(F)(F)F)ccc1O. The molecule has 150 valence electrons. The van der Waals surface area contributed by atoms with Crippen molar-refractivity contribution >= 4 is 11.7 Å². The van der Waals surface area contributed by atoms with E-state index in [1.54, 1.807) is 20.8 Å². The molecule has 28 heavy (non-hydrogen) atoms. The zero-order valence-electron chi connectivity index (χ0n) is 15.7. The van der Waals surface area contributed by atoms with Gasteiger partial charge in [0.05, 0.1) is 5.56 Å². The van der Waals surface area contributed by atoms with Crippen LogP contribution in [0.3, 0.4) is 0 Å². The minimum Gasteiger partial charge on any atom is -0.507 e. The predicted molar refractivity (Wildman–Crippen MR) is 95.1 cm³/mol. The molecule has 2 rings (SSSR count). The molecular formula is C19H19F3N2O4. The lowest BCUT2D eigenvalue weighted by Crippen LogP contribution is -2.19. The van der Waals surface area contributed by atoms with E-state index in [1.165, 1.54) is 25.3 Å². The Balaban J connectivity index is 2.71. The molecule has 6 nitrogen and oxygen atoms in total. The molecule has 0 unspecified atom stereocenters. The summed E-state index contributed by atoms with van der Waals surface area (Å²) in [5, 5.41) is 14.1. The Hall–Kier alpha value is -3.10. The second-order valence-corrected chi connectivity index (χ2v) is 6.82. The lowest BCUT2D eigenvalue weighted by molar-refractivity contribution is -0.137. The Bertz CT molecular complexity index is 903. The summed E-state index contributed by atoms with van der Waals surface area (Å²) in [6, 6.07) is 5.26. The van der Waals surface area contributed by atoms with Crippen LogP contribution in [0, 0.1) is 0 Å². The van der Waals surface area contributed by atoms with Crippen LogP contribution in [0.15, 0.2) is 41.7 Å². The Labute approximate surface area is 159 Å². The quantitative estimate of drug-likeness (QED) is 0.474. The first kappa shape index (κ1) is 21.2. The molecule has 0 aliphatic carbocycles. The molecule has 0 amide bonds. The van der Waals surface area contributed by atoms with E-state index in [4.69, 9.17) is 9.57 Å². The van der Waals surface area contributed by atoms with Crippen LogP contribution in [-0.2, 0) is 15.8 Å². The van der Waals surface area contributed by atoms with Crippen molar-refractivity contribution < 1.29 is 32.6 Å². The first-order chi connectivity index (χ1) is 12.9. The number of nitrogens with zero attached hydrogens (tertiary/aromatic N) is 2. The molecule has 2 aromatic rings. The van der Waals surface area contributed by atoms with Crippen molar-refractivity contribution in [1.82, 2.24) is 4.98 Å². The number of esters is 1. The lowest BCUT2D eigenvalue weighted by atomic mass is 10.0. The van der Waals surface area contributed by atoms with Gasteiger partial charge in [-0.05, 0) is 51.1 Å². The molecule has 1 N–H and O–H groups in total.